The molecule has 3 nitrogen and oxygen atoms in total. The molecule has 0 aromatic heterocycles. The largest absolute Gasteiger partial charge is 0.448 e. The predicted octanol–water partition coefficient (Wildman–Crippen LogP) is 2.96. The Morgan fingerprint density at radius 3 is 2.93 bits per heavy atom. The number of cyclic esters (lactones) is 1. The zero-order chi connectivity index (χ0) is 10.8. The van der Waals surface area contributed by atoms with Gasteiger partial charge in [0.25, 0.3) is 0 Å². The zero-order valence-electron chi connectivity index (χ0n) is 8.44. The van der Waals surface area contributed by atoms with Crippen molar-refractivity contribution in [3.05, 3.63) is 34.3 Å². The van der Waals surface area contributed by atoms with Crippen LogP contribution in [0.2, 0.25) is 0 Å². The molecule has 1 saturated heterocycles. The maximum absolute atomic E-state index is 11.4. The van der Waals surface area contributed by atoms with Crippen molar-refractivity contribution in [3.8, 4) is 0 Å². The number of amides is 1. The van der Waals surface area contributed by atoms with Crippen molar-refractivity contribution in [2.24, 2.45) is 0 Å². The van der Waals surface area contributed by atoms with Crippen LogP contribution in [0, 0.1) is 0 Å². The Morgan fingerprint density at radius 2 is 2.33 bits per heavy atom. The van der Waals surface area contributed by atoms with Crippen LogP contribution in [0.3, 0.4) is 0 Å². The monoisotopic (exact) mass is 269 g/mol. The molecule has 1 amide bonds. The molecule has 1 aromatic carbocycles. The summed E-state index contributed by atoms with van der Waals surface area (Å²) in [4.78, 5) is 13.1. The second-order valence-corrected chi connectivity index (χ2v) is 4.45. The molecule has 0 saturated carbocycles. The molecule has 1 unspecified atom stereocenters. The van der Waals surface area contributed by atoms with Crippen LogP contribution in [-0.2, 0) is 4.74 Å². The van der Waals surface area contributed by atoms with Gasteiger partial charge in [-0.2, -0.15) is 0 Å². The molecule has 0 N–H and O–H groups in total. The molecule has 1 atom stereocenters. The standard InChI is InChI=1S/C11H12BrNO2/c1-8(13-5-6-15-11(13)14)9-3-2-4-10(12)7-9/h2-4,7-8H,5-6H2,1H3. The predicted molar refractivity (Wildman–Crippen MR) is 60.6 cm³/mol. The van der Waals surface area contributed by atoms with Crippen LogP contribution in [0.15, 0.2) is 28.7 Å². The van der Waals surface area contributed by atoms with E-state index in [1.807, 2.05) is 31.2 Å². The number of hydrogen-bond donors (Lipinski definition) is 0. The van der Waals surface area contributed by atoms with Crippen molar-refractivity contribution in [2.75, 3.05) is 13.2 Å². The Bertz CT molecular complexity index is 381. The number of hydrogen-bond acceptors (Lipinski definition) is 2. The summed E-state index contributed by atoms with van der Waals surface area (Å²) < 4.78 is 5.94. The number of benzene rings is 1. The van der Waals surface area contributed by atoms with Gasteiger partial charge in [0.2, 0.25) is 0 Å². The molecule has 1 aromatic rings. The Balaban J connectivity index is 2.20. The fourth-order valence-electron chi connectivity index (χ4n) is 1.70. The van der Waals surface area contributed by atoms with Crippen LogP contribution < -0.4 is 0 Å². The highest BCUT2D eigenvalue weighted by atomic mass is 79.9. The van der Waals surface area contributed by atoms with Crippen molar-refractivity contribution in [1.82, 2.24) is 4.90 Å². The summed E-state index contributed by atoms with van der Waals surface area (Å²) in [5, 5.41) is 0. The average molecular weight is 270 g/mol. The molecule has 0 bridgehead atoms. The molecule has 2 rings (SSSR count). The molecule has 15 heavy (non-hydrogen) atoms. The molecule has 0 aliphatic carbocycles. The van der Waals surface area contributed by atoms with Gasteiger partial charge in [-0.05, 0) is 24.6 Å². The first-order valence-corrected chi connectivity index (χ1v) is 5.66. The third-order valence-electron chi connectivity index (χ3n) is 2.59. The summed E-state index contributed by atoms with van der Waals surface area (Å²) in [7, 11) is 0. The second kappa shape index (κ2) is 4.23. The van der Waals surface area contributed by atoms with E-state index in [4.69, 9.17) is 4.74 Å². The lowest BCUT2D eigenvalue weighted by Crippen LogP contribution is -2.27. The fourth-order valence-corrected chi connectivity index (χ4v) is 2.12. The summed E-state index contributed by atoms with van der Waals surface area (Å²) in [6, 6.07) is 8.05. The number of carbonyl (C=O) groups is 1. The number of halogens is 1. The minimum absolute atomic E-state index is 0.0671. The van der Waals surface area contributed by atoms with Crippen LogP contribution in [0.5, 0.6) is 0 Å². The Kier molecular flexibility index (Phi) is 2.95. The zero-order valence-corrected chi connectivity index (χ0v) is 10.0. The number of nitrogens with zero attached hydrogens (tertiary/aromatic N) is 1. The summed E-state index contributed by atoms with van der Waals surface area (Å²) >= 11 is 3.42. The lowest BCUT2D eigenvalue weighted by atomic mass is 10.1. The normalized spacial score (nSPS) is 17.7. The molecule has 1 aliphatic rings. The number of carbonyl (C=O) groups excluding carboxylic acids is 1. The van der Waals surface area contributed by atoms with Crippen LogP contribution >= 0.6 is 15.9 Å². The van der Waals surface area contributed by atoms with Crippen molar-refractivity contribution in [1.29, 1.82) is 0 Å². The maximum Gasteiger partial charge on any atom is 0.410 e. The Hall–Kier alpha value is -1.03. The average Bonchev–Trinajstić information content (AvgIpc) is 2.63. The van der Waals surface area contributed by atoms with Gasteiger partial charge in [-0.1, -0.05) is 28.1 Å². The van der Waals surface area contributed by atoms with Crippen molar-refractivity contribution >= 4 is 22.0 Å². The van der Waals surface area contributed by atoms with Gasteiger partial charge in [-0.3, -0.25) is 4.90 Å². The molecular weight excluding hydrogens is 258 g/mol. The number of rotatable bonds is 2. The quantitative estimate of drug-likeness (QED) is 0.826. The lowest BCUT2D eigenvalue weighted by Gasteiger charge is -2.22. The van der Waals surface area contributed by atoms with E-state index in [1.54, 1.807) is 4.90 Å². The topological polar surface area (TPSA) is 29.5 Å². The van der Waals surface area contributed by atoms with E-state index in [1.165, 1.54) is 0 Å². The smallest absolute Gasteiger partial charge is 0.410 e. The van der Waals surface area contributed by atoms with Gasteiger partial charge in [-0.15, -0.1) is 0 Å². The molecule has 1 heterocycles. The summed E-state index contributed by atoms with van der Waals surface area (Å²) in [6.07, 6.45) is -0.220. The Morgan fingerprint density at radius 1 is 1.53 bits per heavy atom. The van der Waals surface area contributed by atoms with E-state index in [0.29, 0.717) is 13.2 Å². The minimum Gasteiger partial charge on any atom is -0.448 e. The molecule has 0 radical (unpaired) electrons. The van der Waals surface area contributed by atoms with E-state index in [9.17, 15) is 4.79 Å². The van der Waals surface area contributed by atoms with Crippen LogP contribution in [0.1, 0.15) is 18.5 Å². The first kappa shape index (κ1) is 10.5. The Labute approximate surface area is 97.2 Å². The van der Waals surface area contributed by atoms with Gasteiger partial charge in [0, 0.05) is 4.47 Å². The summed E-state index contributed by atoms with van der Waals surface area (Å²) in [5.41, 5.74) is 1.11. The maximum atomic E-state index is 11.4. The van der Waals surface area contributed by atoms with Gasteiger partial charge in [0.05, 0.1) is 12.6 Å². The fraction of sp³-hybridized carbons (Fsp3) is 0.364. The SMILES string of the molecule is CC(c1cccc(Br)c1)N1CCOC1=O. The third-order valence-corrected chi connectivity index (χ3v) is 3.08. The van der Waals surface area contributed by atoms with Gasteiger partial charge in [-0.25, -0.2) is 4.79 Å². The molecule has 0 spiro atoms. The second-order valence-electron chi connectivity index (χ2n) is 3.54. The van der Waals surface area contributed by atoms with Crippen molar-refractivity contribution in [2.45, 2.75) is 13.0 Å². The molecule has 80 valence electrons. The van der Waals surface area contributed by atoms with Crippen molar-refractivity contribution in [3.63, 3.8) is 0 Å². The van der Waals surface area contributed by atoms with Gasteiger partial charge in [0.1, 0.15) is 6.61 Å². The highest BCUT2D eigenvalue weighted by molar-refractivity contribution is 9.10. The van der Waals surface area contributed by atoms with Crippen molar-refractivity contribution < 1.29 is 9.53 Å². The number of ether oxygens (including phenoxy) is 1. The van der Waals surface area contributed by atoms with Gasteiger partial charge in [0.15, 0.2) is 0 Å². The third kappa shape index (κ3) is 2.15. The van der Waals surface area contributed by atoms with Crippen LogP contribution in [0.25, 0.3) is 0 Å². The molecule has 1 fully saturated rings. The van der Waals surface area contributed by atoms with E-state index >= 15 is 0 Å². The highest BCUT2D eigenvalue weighted by Crippen LogP contribution is 2.25. The molecular formula is C11H12BrNO2. The van der Waals surface area contributed by atoms with Crippen LogP contribution in [-0.4, -0.2) is 24.1 Å². The summed E-state index contributed by atoms with van der Waals surface area (Å²) in [6.45, 7) is 3.18. The van der Waals surface area contributed by atoms with Gasteiger partial charge >= 0.3 is 6.09 Å². The minimum atomic E-state index is -0.220. The van der Waals surface area contributed by atoms with Gasteiger partial charge < -0.3 is 4.74 Å². The highest BCUT2D eigenvalue weighted by Gasteiger charge is 2.27. The summed E-state index contributed by atoms with van der Waals surface area (Å²) in [5.74, 6) is 0. The first-order chi connectivity index (χ1) is 7.18. The first-order valence-electron chi connectivity index (χ1n) is 4.87. The van der Waals surface area contributed by atoms with E-state index in [-0.39, 0.29) is 12.1 Å². The van der Waals surface area contributed by atoms with E-state index in [2.05, 4.69) is 15.9 Å². The van der Waals surface area contributed by atoms with Crippen LogP contribution in [0.4, 0.5) is 4.79 Å². The molecule has 4 heteroatoms. The van der Waals surface area contributed by atoms with E-state index in [0.717, 1.165) is 10.0 Å². The molecule has 1 aliphatic heterocycles. The lowest BCUT2D eigenvalue weighted by molar-refractivity contribution is 0.150. The van der Waals surface area contributed by atoms with E-state index < -0.39 is 0 Å².